The Morgan fingerprint density at radius 1 is 1.25 bits per heavy atom. The largest absolute Gasteiger partial charge is 0.481 e. The van der Waals surface area contributed by atoms with Gasteiger partial charge in [-0.15, -0.1) is 0 Å². The molecule has 3 saturated carbocycles. The summed E-state index contributed by atoms with van der Waals surface area (Å²) in [6.07, 6.45) is 5.61. The van der Waals surface area contributed by atoms with E-state index in [2.05, 4.69) is 13.0 Å². The van der Waals surface area contributed by atoms with E-state index in [-0.39, 0.29) is 49.5 Å². The maximum Gasteiger partial charge on any atom is 0.315 e. The van der Waals surface area contributed by atoms with E-state index >= 15 is 0 Å². The normalized spacial score (nSPS) is 45.1. The summed E-state index contributed by atoms with van der Waals surface area (Å²) in [6, 6.07) is 0. The first-order valence-electron chi connectivity index (χ1n) is 13.5. The van der Waals surface area contributed by atoms with Crippen molar-refractivity contribution in [1.29, 1.82) is 0 Å². The molecule has 5 rings (SSSR count). The van der Waals surface area contributed by atoms with E-state index in [1.807, 2.05) is 20.8 Å². The number of hydrogen-bond acceptors (Lipinski definition) is 6. The SMILES string of the molecule is COCC(=O)N1C[C@H](OCC23CC4C(CC[C@H]4C)[C@@]4(C=O)CC2C=C(C(C)C)C34C(=O)O)O[C@H](C)C1. The topological polar surface area (TPSA) is 102 Å². The van der Waals surface area contributed by atoms with Gasteiger partial charge in [0.1, 0.15) is 18.3 Å². The van der Waals surface area contributed by atoms with Gasteiger partial charge in [0.25, 0.3) is 0 Å². The van der Waals surface area contributed by atoms with E-state index in [1.54, 1.807) is 4.90 Å². The second kappa shape index (κ2) is 8.91. The van der Waals surface area contributed by atoms with Crippen molar-refractivity contribution >= 4 is 18.2 Å². The van der Waals surface area contributed by atoms with Gasteiger partial charge in [0.05, 0.1) is 24.7 Å². The highest BCUT2D eigenvalue weighted by Crippen LogP contribution is 2.82. The van der Waals surface area contributed by atoms with Crippen LogP contribution in [0.15, 0.2) is 11.6 Å². The van der Waals surface area contributed by atoms with Crippen LogP contribution in [0.25, 0.3) is 0 Å². The number of allylic oxidation sites excluding steroid dienone is 1. The molecule has 0 spiro atoms. The van der Waals surface area contributed by atoms with Gasteiger partial charge in [0.15, 0.2) is 6.29 Å². The number of aldehydes is 1. The number of nitrogens with zero attached hydrogens (tertiary/aromatic N) is 1. The summed E-state index contributed by atoms with van der Waals surface area (Å²) < 4.78 is 17.6. The number of carboxylic acid groups (broad SMARTS) is 1. The van der Waals surface area contributed by atoms with E-state index in [1.165, 1.54) is 7.11 Å². The third kappa shape index (κ3) is 3.19. The summed E-state index contributed by atoms with van der Waals surface area (Å²) in [5.41, 5.74) is -1.98. The predicted molar refractivity (Wildman–Crippen MR) is 131 cm³/mol. The van der Waals surface area contributed by atoms with Crippen LogP contribution < -0.4 is 0 Å². The number of methoxy groups -OCH3 is 1. The summed E-state index contributed by atoms with van der Waals surface area (Å²) >= 11 is 0. The van der Waals surface area contributed by atoms with Gasteiger partial charge in [-0.25, -0.2) is 0 Å². The number of carbonyl (C=O) groups is 3. The number of hydrogen-bond donors (Lipinski definition) is 1. The molecule has 1 heterocycles. The van der Waals surface area contributed by atoms with E-state index in [0.717, 1.165) is 31.1 Å². The molecular weight excluding hydrogens is 462 g/mol. The second-order valence-corrected chi connectivity index (χ2v) is 12.4. The second-order valence-electron chi connectivity index (χ2n) is 12.4. The Labute approximate surface area is 213 Å². The Morgan fingerprint density at radius 2 is 2.00 bits per heavy atom. The molecule has 1 aliphatic heterocycles. The molecule has 9 atom stereocenters. The van der Waals surface area contributed by atoms with Crippen molar-refractivity contribution in [3.63, 3.8) is 0 Å². The quantitative estimate of drug-likeness (QED) is 0.401. The minimum atomic E-state index is -1.27. The Hall–Kier alpha value is -1.77. The van der Waals surface area contributed by atoms with Gasteiger partial charge < -0.3 is 29.0 Å². The van der Waals surface area contributed by atoms with Crippen LogP contribution >= 0.6 is 0 Å². The van der Waals surface area contributed by atoms with Crippen molar-refractivity contribution in [1.82, 2.24) is 4.90 Å². The zero-order valence-electron chi connectivity index (χ0n) is 22.2. The standard InChI is InChI=1S/C28H41NO7/c1-16(2)22-8-19-9-26(14-30)21-7-6-17(3)20(21)10-27(19,28(22,26)25(32)33)15-35-24-12-29(11-18(4)36-24)23(31)13-34-5/h8,14,16-21,24H,6-7,9-13,15H2,1-5H3,(H,32,33)/t17-,18-,19?,20?,21?,24-,26+,27?,28?/m1/s1. The molecule has 0 radical (unpaired) electrons. The van der Waals surface area contributed by atoms with Crippen LogP contribution in [0, 0.1) is 45.8 Å². The molecule has 1 saturated heterocycles. The number of aliphatic carboxylic acids is 1. The van der Waals surface area contributed by atoms with Gasteiger partial charge in [-0.3, -0.25) is 9.59 Å². The molecule has 5 unspecified atom stereocenters. The fourth-order valence-electron chi connectivity index (χ4n) is 9.30. The fraction of sp³-hybridized carbons (Fsp3) is 0.821. The molecule has 1 amide bonds. The van der Waals surface area contributed by atoms with Gasteiger partial charge >= 0.3 is 5.97 Å². The molecule has 5 aliphatic rings. The van der Waals surface area contributed by atoms with Crippen molar-refractivity contribution in [2.24, 2.45) is 45.8 Å². The molecule has 8 heteroatoms. The predicted octanol–water partition coefficient (Wildman–Crippen LogP) is 3.15. The zero-order valence-corrected chi connectivity index (χ0v) is 22.2. The van der Waals surface area contributed by atoms with Gasteiger partial charge in [0, 0.05) is 19.1 Å². The molecule has 200 valence electrons. The van der Waals surface area contributed by atoms with Crippen LogP contribution in [0.2, 0.25) is 0 Å². The number of carbonyl (C=O) groups excluding carboxylic acids is 2. The average Bonchev–Trinajstić information content (AvgIpc) is 3.40. The molecule has 0 aromatic rings. The molecule has 0 aromatic heterocycles. The maximum atomic E-state index is 13.5. The number of fused-ring (bicyclic) bond motifs is 2. The molecule has 4 fully saturated rings. The van der Waals surface area contributed by atoms with Crippen LogP contribution in [0.4, 0.5) is 0 Å². The van der Waals surface area contributed by atoms with E-state index in [0.29, 0.717) is 24.8 Å². The van der Waals surface area contributed by atoms with Crippen LogP contribution in [0.5, 0.6) is 0 Å². The smallest absolute Gasteiger partial charge is 0.315 e. The minimum absolute atomic E-state index is 0.00193. The lowest BCUT2D eigenvalue weighted by Gasteiger charge is -2.58. The van der Waals surface area contributed by atoms with Gasteiger partial charge in [0.2, 0.25) is 5.91 Å². The number of amides is 1. The van der Waals surface area contributed by atoms with Crippen molar-refractivity contribution in [2.75, 3.05) is 33.4 Å². The number of rotatable bonds is 8. The van der Waals surface area contributed by atoms with Gasteiger partial charge in [-0.2, -0.15) is 0 Å². The Kier molecular flexibility index (Phi) is 6.40. The summed E-state index contributed by atoms with van der Waals surface area (Å²) in [6.45, 7) is 9.17. The summed E-state index contributed by atoms with van der Waals surface area (Å²) in [5, 5.41) is 11.1. The first-order valence-corrected chi connectivity index (χ1v) is 13.5. The molecular formula is C28H41NO7. The molecule has 1 N–H and O–H groups in total. The first kappa shape index (κ1) is 25.9. The highest BCUT2D eigenvalue weighted by molar-refractivity contribution is 5.90. The van der Waals surface area contributed by atoms with Crippen LogP contribution in [-0.4, -0.2) is 74.0 Å². The fourth-order valence-corrected chi connectivity index (χ4v) is 9.30. The molecule has 4 aliphatic carbocycles. The summed E-state index contributed by atoms with van der Waals surface area (Å²) in [5.74, 6) is -0.155. The number of morpholine rings is 1. The van der Waals surface area contributed by atoms with Crippen molar-refractivity contribution in [3.8, 4) is 0 Å². The number of ether oxygens (including phenoxy) is 3. The van der Waals surface area contributed by atoms with Gasteiger partial charge in [-0.05, 0) is 55.8 Å². The monoisotopic (exact) mass is 503 g/mol. The number of carboxylic acids is 1. The van der Waals surface area contributed by atoms with Crippen molar-refractivity contribution in [3.05, 3.63) is 11.6 Å². The molecule has 4 bridgehead atoms. The van der Waals surface area contributed by atoms with Crippen LogP contribution in [-0.2, 0) is 28.6 Å². The third-order valence-electron chi connectivity index (χ3n) is 10.5. The lowest BCUT2D eigenvalue weighted by atomic mass is 9.43. The van der Waals surface area contributed by atoms with Crippen molar-refractivity contribution in [2.45, 2.75) is 65.8 Å². The lowest BCUT2D eigenvalue weighted by Crippen LogP contribution is -2.64. The highest BCUT2D eigenvalue weighted by atomic mass is 16.7. The molecule has 8 nitrogen and oxygen atoms in total. The Bertz CT molecular complexity index is 964. The summed E-state index contributed by atoms with van der Waals surface area (Å²) in [4.78, 5) is 40.8. The highest BCUT2D eigenvalue weighted by Gasteiger charge is 2.84. The first-order chi connectivity index (χ1) is 17.1. The van der Waals surface area contributed by atoms with Crippen molar-refractivity contribution < 1.29 is 33.7 Å². The minimum Gasteiger partial charge on any atom is -0.481 e. The molecule has 36 heavy (non-hydrogen) atoms. The molecule has 0 aromatic carbocycles. The maximum absolute atomic E-state index is 13.5. The van der Waals surface area contributed by atoms with E-state index < -0.39 is 28.5 Å². The average molecular weight is 504 g/mol. The summed E-state index contributed by atoms with van der Waals surface area (Å²) in [7, 11) is 1.50. The van der Waals surface area contributed by atoms with Gasteiger partial charge in [-0.1, -0.05) is 38.8 Å². The third-order valence-corrected chi connectivity index (χ3v) is 10.5. The Morgan fingerprint density at radius 3 is 2.64 bits per heavy atom. The van der Waals surface area contributed by atoms with Crippen LogP contribution in [0.1, 0.15) is 53.4 Å². The lowest BCUT2D eigenvalue weighted by molar-refractivity contribution is -0.236. The Balaban J connectivity index is 1.52. The van der Waals surface area contributed by atoms with Crippen LogP contribution in [0.3, 0.4) is 0 Å². The van der Waals surface area contributed by atoms with E-state index in [4.69, 9.17) is 14.2 Å². The zero-order chi connectivity index (χ0) is 26.0. The van der Waals surface area contributed by atoms with E-state index in [9.17, 15) is 19.5 Å².